The van der Waals surface area contributed by atoms with Gasteiger partial charge in [0, 0.05) is 7.11 Å². The predicted molar refractivity (Wildman–Crippen MR) is 92.4 cm³/mol. The molecule has 23 heavy (non-hydrogen) atoms. The van der Waals surface area contributed by atoms with E-state index in [4.69, 9.17) is 9.47 Å². The number of allylic oxidation sites excluding steroid dienone is 1. The Hall–Kier alpha value is -1.36. The molecule has 134 valence electrons. The molecule has 0 rings (SSSR count). The molecule has 2 unspecified atom stereocenters. The van der Waals surface area contributed by atoms with Gasteiger partial charge in [0.25, 0.3) is 0 Å². The van der Waals surface area contributed by atoms with Crippen LogP contribution >= 0.6 is 0 Å². The molecule has 3 atom stereocenters. The van der Waals surface area contributed by atoms with Crippen LogP contribution in [0.15, 0.2) is 12.7 Å². The number of carbonyl (C=O) groups is 2. The molecule has 0 aliphatic heterocycles. The van der Waals surface area contributed by atoms with E-state index in [-0.39, 0.29) is 18.3 Å². The summed E-state index contributed by atoms with van der Waals surface area (Å²) in [6.45, 7) is 13.2. The van der Waals surface area contributed by atoms with Gasteiger partial charge in [0.1, 0.15) is 12.2 Å². The molecule has 0 aliphatic carbocycles. The van der Waals surface area contributed by atoms with Gasteiger partial charge in [-0.25, -0.2) is 4.79 Å². The summed E-state index contributed by atoms with van der Waals surface area (Å²) in [5, 5.41) is 2.70. The Bertz CT molecular complexity index is 387. The average molecular weight is 327 g/mol. The van der Waals surface area contributed by atoms with E-state index < -0.39 is 17.7 Å². The van der Waals surface area contributed by atoms with E-state index in [1.165, 1.54) is 7.11 Å². The van der Waals surface area contributed by atoms with Gasteiger partial charge in [-0.1, -0.05) is 26.3 Å². The maximum Gasteiger partial charge on any atom is 0.408 e. The van der Waals surface area contributed by atoms with Crippen LogP contribution in [0.25, 0.3) is 0 Å². The van der Waals surface area contributed by atoms with E-state index >= 15 is 0 Å². The van der Waals surface area contributed by atoms with Crippen molar-refractivity contribution in [3.8, 4) is 0 Å². The second-order valence-electron chi connectivity index (χ2n) is 7.14. The number of Topliss-reactive ketones (excluding diaryl/α,β-unsaturated/α-hetero) is 1. The van der Waals surface area contributed by atoms with Crippen molar-refractivity contribution in [2.24, 2.45) is 11.8 Å². The van der Waals surface area contributed by atoms with Gasteiger partial charge < -0.3 is 14.8 Å². The van der Waals surface area contributed by atoms with Crippen LogP contribution in [0.2, 0.25) is 0 Å². The van der Waals surface area contributed by atoms with Gasteiger partial charge in [0.2, 0.25) is 0 Å². The molecule has 1 N–H and O–H groups in total. The third kappa shape index (κ3) is 10.1. The van der Waals surface area contributed by atoms with E-state index in [0.717, 1.165) is 19.3 Å². The Morgan fingerprint density at radius 1 is 1.22 bits per heavy atom. The zero-order valence-corrected chi connectivity index (χ0v) is 15.5. The monoisotopic (exact) mass is 327 g/mol. The fraction of sp³-hybridized carbons (Fsp3) is 0.778. The van der Waals surface area contributed by atoms with Crippen LogP contribution in [0.3, 0.4) is 0 Å². The Morgan fingerprint density at radius 3 is 2.30 bits per heavy atom. The van der Waals surface area contributed by atoms with Crippen LogP contribution in [0, 0.1) is 11.8 Å². The third-order valence-electron chi connectivity index (χ3n) is 3.60. The molecule has 0 bridgehead atoms. The van der Waals surface area contributed by atoms with E-state index in [9.17, 15) is 9.59 Å². The molecule has 0 fully saturated rings. The summed E-state index contributed by atoms with van der Waals surface area (Å²) in [5.74, 6) is 0.332. The van der Waals surface area contributed by atoms with Crippen LogP contribution in [-0.4, -0.2) is 37.2 Å². The second-order valence-corrected chi connectivity index (χ2v) is 7.14. The van der Waals surface area contributed by atoms with Gasteiger partial charge in [0.15, 0.2) is 5.78 Å². The number of rotatable bonds is 10. The molecular formula is C18H33NO4. The molecule has 0 aromatic rings. The molecule has 0 spiro atoms. The summed E-state index contributed by atoms with van der Waals surface area (Å²) in [7, 11) is 1.47. The normalized spacial score (nSPS) is 15.4. The lowest BCUT2D eigenvalue weighted by molar-refractivity contribution is -0.126. The molecule has 0 radical (unpaired) electrons. The van der Waals surface area contributed by atoms with Gasteiger partial charge in [-0.2, -0.15) is 0 Å². The second kappa shape index (κ2) is 10.4. The molecule has 0 aliphatic rings. The first-order chi connectivity index (χ1) is 10.6. The van der Waals surface area contributed by atoms with Crippen LogP contribution < -0.4 is 5.32 Å². The van der Waals surface area contributed by atoms with Crippen molar-refractivity contribution in [2.75, 3.05) is 13.7 Å². The number of hydrogen-bond donors (Lipinski definition) is 1. The maximum atomic E-state index is 12.2. The van der Waals surface area contributed by atoms with Crippen LogP contribution in [0.4, 0.5) is 4.79 Å². The quantitative estimate of drug-likeness (QED) is 0.621. The first-order valence-electron chi connectivity index (χ1n) is 8.24. The number of ether oxygens (including phenoxy) is 2. The van der Waals surface area contributed by atoms with Crippen molar-refractivity contribution < 1.29 is 19.1 Å². The minimum Gasteiger partial charge on any atom is -0.444 e. The molecule has 0 aromatic heterocycles. The topological polar surface area (TPSA) is 64.6 Å². The van der Waals surface area contributed by atoms with Gasteiger partial charge >= 0.3 is 6.09 Å². The van der Waals surface area contributed by atoms with Gasteiger partial charge in [-0.3, -0.25) is 4.79 Å². The average Bonchev–Trinajstić information content (AvgIpc) is 2.42. The van der Waals surface area contributed by atoms with Crippen LogP contribution in [0.1, 0.15) is 53.9 Å². The number of nitrogens with one attached hydrogen (secondary N) is 1. The summed E-state index contributed by atoms with van der Waals surface area (Å²) >= 11 is 0. The summed E-state index contributed by atoms with van der Waals surface area (Å²) in [6.07, 6.45) is 4.19. The first kappa shape index (κ1) is 21.6. The van der Waals surface area contributed by atoms with Crippen LogP contribution in [0.5, 0.6) is 0 Å². The number of methoxy groups -OCH3 is 1. The van der Waals surface area contributed by atoms with Gasteiger partial charge in [0.05, 0.1) is 6.04 Å². The highest BCUT2D eigenvalue weighted by Gasteiger charge is 2.28. The van der Waals surface area contributed by atoms with Crippen LogP contribution in [-0.2, 0) is 14.3 Å². The maximum absolute atomic E-state index is 12.2. The van der Waals surface area contributed by atoms with Gasteiger partial charge in [-0.05, 0) is 45.4 Å². The smallest absolute Gasteiger partial charge is 0.408 e. The summed E-state index contributed by atoms with van der Waals surface area (Å²) < 4.78 is 10.2. The molecule has 5 heteroatoms. The van der Waals surface area contributed by atoms with Crippen molar-refractivity contribution in [3.05, 3.63) is 12.7 Å². The Kier molecular flexibility index (Phi) is 9.80. The van der Waals surface area contributed by atoms with Crippen molar-refractivity contribution in [2.45, 2.75) is 65.5 Å². The van der Waals surface area contributed by atoms with E-state index in [1.807, 2.05) is 13.0 Å². The number of alkyl carbamates (subject to hydrolysis) is 1. The molecule has 0 heterocycles. The fourth-order valence-corrected chi connectivity index (χ4v) is 2.25. The van der Waals surface area contributed by atoms with Crippen molar-refractivity contribution in [1.29, 1.82) is 0 Å². The zero-order valence-electron chi connectivity index (χ0n) is 15.5. The summed E-state index contributed by atoms with van der Waals surface area (Å²) in [4.78, 5) is 24.2. The van der Waals surface area contributed by atoms with E-state index in [0.29, 0.717) is 5.92 Å². The minimum atomic E-state index is -0.596. The number of ketones is 1. The SMILES string of the molecule is C=CC(C)CCC[C@@H](C)C(NC(=O)OC(C)(C)C)C(=O)COC. The zero-order chi connectivity index (χ0) is 18.0. The number of carbonyl (C=O) groups excluding carboxylic acids is 2. The minimum absolute atomic E-state index is 0.0159. The Balaban J connectivity index is 4.69. The van der Waals surface area contributed by atoms with Crippen molar-refractivity contribution in [1.82, 2.24) is 5.32 Å². The lowest BCUT2D eigenvalue weighted by Crippen LogP contribution is -2.48. The highest BCUT2D eigenvalue weighted by Crippen LogP contribution is 2.18. The lowest BCUT2D eigenvalue weighted by Gasteiger charge is -2.26. The van der Waals surface area contributed by atoms with Crippen molar-refractivity contribution in [3.63, 3.8) is 0 Å². The predicted octanol–water partition coefficient (Wildman–Crippen LogP) is 3.72. The fourth-order valence-electron chi connectivity index (χ4n) is 2.25. The highest BCUT2D eigenvalue weighted by atomic mass is 16.6. The largest absolute Gasteiger partial charge is 0.444 e. The molecule has 0 saturated heterocycles. The summed E-state index contributed by atoms with van der Waals surface area (Å²) in [5.41, 5.74) is -0.596. The van der Waals surface area contributed by atoms with E-state index in [2.05, 4.69) is 18.8 Å². The van der Waals surface area contributed by atoms with Gasteiger partial charge in [-0.15, -0.1) is 6.58 Å². The first-order valence-corrected chi connectivity index (χ1v) is 8.24. The van der Waals surface area contributed by atoms with Crippen molar-refractivity contribution >= 4 is 11.9 Å². The summed E-state index contributed by atoms with van der Waals surface area (Å²) in [6, 6.07) is -0.594. The Morgan fingerprint density at radius 2 is 1.83 bits per heavy atom. The molecule has 1 amide bonds. The number of hydrogen-bond acceptors (Lipinski definition) is 4. The molecule has 0 saturated carbocycles. The molecule has 0 aromatic carbocycles. The third-order valence-corrected chi connectivity index (χ3v) is 3.60. The molecular weight excluding hydrogens is 294 g/mol. The highest BCUT2D eigenvalue weighted by molar-refractivity contribution is 5.88. The molecule has 5 nitrogen and oxygen atoms in total. The standard InChI is InChI=1S/C18H33NO4/c1-8-13(2)10-9-11-14(3)16(15(20)12-22-7)19-17(21)23-18(4,5)6/h8,13-14,16H,1,9-12H2,2-7H3,(H,19,21)/t13?,14-,16?/m1/s1. The Labute approximate surface area is 140 Å². The lowest BCUT2D eigenvalue weighted by atomic mass is 9.91. The van der Waals surface area contributed by atoms with E-state index in [1.54, 1.807) is 20.8 Å². The number of amides is 1.